The highest BCUT2D eigenvalue weighted by Gasteiger charge is 2.53. The molecule has 0 unspecified atom stereocenters. The lowest BCUT2D eigenvalue weighted by Crippen LogP contribution is -2.28. The van der Waals surface area contributed by atoms with Crippen molar-refractivity contribution in [1.29, 1.82) is 0 Å². The van der Waals surface area contributed by atoms with Gasteiger partial charge >= 0.3 is 0 Å². The summed E-state index contributed by atoms with van der Waals surface area (Å²) in [7, 11) is 0. The second-order valence-corrected chi connectivity index (χ2v) is 6.87. The maximum atomic E-state index is 12.9. The first-order valence-electron chi connectivity index (χ1n) is 8.19. The molecule has 4 nitrogen and oxygen atoms in total. The molecule has 0 aliphatic heterocycles. The lowest BCUT2D eigenvalue weighted by atomic mass is 10.00. The molecule has 0 radical (unpaired) electrons. The molecule has 3 aromatic rings. The lowest BCUT2D eigenvalue weighted by molar-refractivity contribution is -0.118. The molecule has 4 rings (SSSR count). The molecule has 2 aromatic carbocycles. The first-order valence-corrected chi connectivity index (χ1v) is 8.56. The van der Waals surface area contributed by atoms with Gasteiger partial charge in [-0.25, -0.2) is 0 Å². The average molecular weight is 353 g/mol. The number of rotatable bonds is 4. The third-order valence-electron chi connectivity index (χ3n) is 4.69. The van der Waals surface area contributed by atoms with Gasteiger partial charge in [0.05, 0.1) is 11.1 Å². The van der Waals surface area contributed by atoms with Gasteiger partial charge in [-0.15, -0.1) is 0 Å². The number of hydrogen-bond acceptors (Lipinski definition) is 3. The monoisotopic (exact) mass is 352 g/mol. The van der Waals surface area contributed by atoms with Gasteiger partial charge in [0.25, 0.3) is 0 Å². The van der Waals surface area contributed by atoms with E-state index in [1.54, 1.807) is 6.07 Å². The maximum absolute atomic E-state index is 12.9. The molecular weight excluding hydrogens is 336 g/mol. The standard InChI is InChI=1S/C20H17ClN2O2/c1-13-7-8-15(21)11-16(13)22-19(24)20(9-10-20)18-12-17(25-23-18)14-5-3-2-4-6-14/h2-8,11-12H,9-10H2,1H3,(H,22,24). The fourth-order valence-corrected chi connectivity index (χ4v) is 3.11. The topological polar surface area (TPSA) is 55.1 Å². The summed E-state index contributed by atoms with van der Waals surface area (Å²) in [6.45, 7) is 1.94. The molecule has 1 heterocycles. The molecule has 126 valence electrons. The van der Waals surface area contributed by atoms with Gasteiger partial charge < -0.3 is 9.84 Å². The molecule has 0 bridgehead atoms. The fraction of sp³-hybridized carbons (Fsp3) is 0.200. The van der Waals surface area contributed by atoms with Crippen LogP contribution >= 0.6 is 11.6 Å². The van der Waals surface area contributed by atoms with E-state index >= 15 is 0 Å². The summed E-state index contributed by atoms with van der Waals surface area (Å²) < 4.78 is 5.47. The molecule has 1 N–H and O–H groups in total. The number of nitrogens with zero attached hydrogens (tertiary/aromatic N) is 1. The molecule has 1 aliphatic carbocycles. The van der Waals surface area contributed by atoms with Gasteiger partial charge in [0.15, 0.2) is 5.76 Å². The highest BCUT2D eigenvalue weighted by molar-refractivity contribution is 6.31. The number of carbonyl (C=O) groups is 1. The van der Waals surface area contributed by atoms with Crippen molar-refractivity contribution in [2.45, 2.75) is 25.2 Å². The second-order valence-electron chi connectivity index (χ2n) is 6.44. The van der Waals surface area contributed by atoms with Gasteiger partial charge in [-0.2, -0.15) is 0 Å². The van der Waals surface area contributed by atoms with Crippen molar-refractivity contribution in [2.24, 2.45) is 0 Å². The average Bonchev–Trinajstić information content (AvgIpc) is 3.29. The summed E-state index contributed by atoms with van der Waals surface area (Å²) in [5.74, 6) is 0.611. The van der Waals surface area contributed by atoms with Crippen molar-refractivity contribution < 1.29 is 9.32 Å². The minimum absolute atomic E-state index is 0.0641. The van der Waals surface area contributed by atoms with Gasteiger partial charge in [-0.05, 0) is 37.5 Å². The van der Waals surface area contributed by atoms with E-state index in [1.165, 1.54) is 0 Å². The summed E-state index contributed by atoms with van der Waals surface area (Å²) in [5.41, 5.74) is 2.73. The number of carbonyl (C=O) groups excluding carboxylic acids is 1. The van der Waals surface area contributed by atoms with E-state index in [0.717, 1.165) is 29.7 Å². The number of aryl methyl sites for hydroxylation is 1. The van der Waals surface area contributed by atoms with Crippen LogP contribution in [-0.2, 0) is 10.2 Å². The zero-order valence-electron chi connectivity index (χ0n) is 13.8. The minimum atomic E-state index is -0.606. The smallest absolute Gasteiger partial charge is 0.236 e. The molecule has 1 aliphatic rings. The van der Waals surface area contributed by atoms with Crippen LogP contribution in [0.25, 0.3) is 11.3 Å². The van der Waals surface area contributed by atoms with E-state index in [0.29, 0.717) is 16.5 Å². The van der Waals surface area contributed by atoms with Crippen LogP contribution in [0.2, 0.25) is 5.02 Å². The van der Waals surface area contributed by atoms with E-state index in [9.17, 15) is 4.79 Å². The summed E-state index contributed by atoms with van der Waals surface area (Å²) in [6, 6.07) is 17.1. The van der Waals surface area contributed by atoms with Crippen molar-refractivity contribution in [3.63, 3.8) is 0 Å². The Labute approximate surface area is 150 Å². The normalized spacial score (nSPS) is 15.0. The summed E-state index contributed by atoms with van der Waals surface area (Å²) in [5, 5.41) is 7.76. The zero-order valence-corrected chi connectivity index (χ0v) is 14.5. The Hall–Kier alpha value is -2.59. The van der Waals surface area contributed by atoms with E-state index in [1.807, 2.05) is 55.5 Å². The number of halogens is 1. The number of nitrogens with one attached hydrogen (secondary N) is 1. The number of benzene rings is 2. The Morgan fingerprint density at radius 1 is 1.16 bits per heavy atom. The summed E-state index contributed by atoms with van der Waals surface area (Å²) in [4.78, 5) is 12.9. The van der Waals surface area contributed by atoms with Crippen LogP contribution in [0.4, 0.5) is 5.69 Å². The molecule has 5 heteroatoms. The van der Waals surface area contributed by atoms with Crippen molar-refractivity contribution >= 4 is 23.2 Å². The number of anilines is 1. The third kappa shape index (κ3) is 2.94. The van der Waals surface area contributed by atoms with E-state index in [2.05, 4.69) is 10.5 Å². The van der Waals surface area contributed by atoms with Crippen molar-refractivity contribution in [1.82, 2.24) is 5.16 Å². The Kier molecular flexibility index (Phi) is 3.85. The molecule has 0 spiro atoms. The number of aromatic nitrogens is 1. The lowest BCUT2D eigenvalue weighted by Gasteiger charge is -2.14. The molecule has 1 fully saturated rings. The minimum Gasteiger partial charge on any atom is -0.356 e. The SMILES string of the molecule is Cc1ccc(Cl)cc1NC(=O)C1(c2cc(-c3ccccc3)on2)CC1. The highest BCUT2D eigenvalue weighted by Crippen LogP contribution is 2.49. The van der Waals surface area contributed by atoms with Gasteiger partial charge in [0.1, 0.15) is 0 Å². The molecule has 1 saturated carbocycles. The Morgan fingerprint density at radius 2 is 1.92 bits per heavy atom. The van der Waals surface area contributed by atoms with Crippen LogP contribution in [-0.4, -0.2) is 11.1 Å². The Bertz CT molecular complexity index is 930. The first-order chi connectivity index (χ1) is 12.1. The number of amides is 1. The largest absolute Gasteiger partial charge is 0.356 e. The van der Waals surface area contributed by atoms with Crippen molar-refractivity contribution in [2.75, 3.05) is 5.32 Å². The van der Waals surface area contributed by atoms with Gasteiger partial charge in [-0.1, -0.05) is 53.2 Å². The van der Waals surface area contributed by atoms with Crippen LogP contribution in [0.15, 0.2) is 59.1 Å². The van der Waals surface area contributed by atoms with E-state index < -0.39 is 5.41 Å². The maximum Gasteiger partial charge on any atom is 0.236 e. The second kappa shape index (κ2) is 6.05. The highest BCUT2D eigenvalue weighted by atomic mass is 35.5. The summed E-state index contributed by atoms with van der Waals surface area (Å²) in [6.07, 6.45) is 1.53. The van der Waals surface area contributed by atoms with Crippen LogP contribution < -0.4 is 5.32 Å². The predicted molar refractivity (Wildman–Crippen MR) is 97.7 cm³/mol. The molecule has 25 heavy (non-hydrogen) atoms. The molecular formula is C20H17ClN2O2. The quantitative estimate of drug-likeness (QED) is 0.720. The van der Waals surface area contributed by atoms with Gasteiger partial charge in [0, 0.05) is 22.3 Å². The van der Waals surface area contributed by atoms with Gasteiger partial charge in [0.2, 0.25) is 5.91 Å². The first kappa shape index (κ1) is 15.9. The van der Waals surface area contributed by atoms with E-state index in [-0.39, 0.29) is 5.91 Å². The molecule has 1 aromatic heterocycles. The van der Waals surface area contributed by atoms with E-state index in [4.69, 9.17) is 16.1 Å². The molecule has 0 saturated heterocycles. The Morgan fingerprint density at radius 3 is 2.64 bits per heavy atom. The number of hydrogen-bond donors (Lipinski definition) is 1. The zero-order chi connectivity index (χ0) is 17.4. The molecule has 0 atom stereocenters. The van der Waals surface area contributed by atoms with Crippen LogP contribution in [0.3, 0.4) is 0 Å². The van der Waals surface area contributed by atoms with Crippen LogP contribution in [0.5, 0.6) is 0 Å². The van der Waals surface area contributed by atoms with Crippen molar-refractivity contribution in [3.05, 3.63) is 70.9 Å². The van der Waals surface area contributed by atoms with Crippen LogP contribution in [0.1, 0.15) is 24.1 Å². The predicted octanol–water partition coefficient (Wildman–Crippen LogP) is 4.97. The fourth-order valence-electron chi connectivity index (χ4n) is 2.93. The third-order valence-corrected chi connectivity index (χ3v) is 4.93. The van der Waals surface area contributed by atoms with Crippen LogP contribution in [0, 0.1) is 6.92 Å². The Balaban J connectivity index is 1.59. The molecule has 1 amide bonds. The van der Waals surface area contributed by atoms with Crippen molar-refractivity contribution in [3.8, 4) is 11.3 Å². The summed E-state index contributed by atoms with van der Waals surface area (Å²) >= 11 is 6.04. The van der Waals surface area contributed by atoms with Gasteiger partial charge in [-0.3, -0.25) is 4.79 Å².